The zero-order valence-corrected chi connectivity index (χ0v) is 14.3. The summed E-state index contributed by atoms with van der Waals surface area (Å²) < 4.78 is 0. The molecule has 1 aliphatic heterocycles. The van der Waals surface area contributed by atoms with Crippen LogP contribution in [0, 0.1) is 0 Å². The van der Waals surface area contributed by atoms with Gasteiger partial charge in [-0.3, -0.25) is 4.90 Å². The first-order chi connectivity index (χ1) is 10.0. The molecule has 1 aromatic heterocycles. The van der Waals surface area contributed by atoms with Crippen LogP contribution in [-0.4, -0.2) is 52.3 Å². The molecule has 2 N–H and O–H groups in total. The number of thiocarbonyl (C=S) groups is 1. The van der Waals surface area contributed by atoms with E-state index in [4.69, 9.17) is 41.2 Å². The van der Waals surface area contributed by atoms with E-state index in [1.54, 1.807) is 6.07 Å². The van der Waals surface area contributed by atoms with Crippen LogP contribution in [0.25, 0.3) is 0 Å². The minimum Gasteiger partial charge on any atom is -0.392 e. The molecule has 1 aliphatic rings. The summed E-state index contributed by atoms with van der Waals surface area (Å²) in [7, 11) is 0. The van der Waals surface area contributed by atoms with Crippen molar-refractivity contribution in [2.75, 3.05) is 31.1 Å². The first-order valence-corrected chi connectivity index (χ1v) is 8.16. The lowest BCUT2D eigenvalue weighted by Gasteiger charge is -2.39. The smallest absolute Gasteiger partial charge is 0.175 e. The van der Waals surface area contributed by atoms with E-state index in [2.05, 4.69) is 26.9 Å². The normalized spacial score (nSPS) is 17.8. The molecule has 0 amide bonds. The van der Waals surface area contributed by atoms with Gasteiger partial charge < -0.3 is 10.6 Å². The molecule has 116 valence electrons. The Hall–Kier alpha value is -0.690. The number of halogens is 2. The SMILES string of the molecule is CCCC(C(N)=S)N1CCN(c2cc(Cl)nnc2Cl)CC1. The van der Waals surface area contributed by atoms with Crippen molar-refractivity contribution in [3.05, 3.63) is 16.4 Å². The Kier molecular flexibility index (Phi) is 5.98. The molecule has 21 heavy (non-hydrogen) atoms. The highest BCUT2D eigenvalue weighted by atomic mass is 35.5. The molecule has 1 aromatic rings. The predicted octanol–water partition coefficient (Wildman–Crippen LogP) is 2.36. The summed E-state index contributed by atoms with van der Waals surface area (Å²) in [5, 5.41) is 8.32. The molecule has 0 saturated carbocycles. The number of aromatic nitrogens is 2. The topological polar surface area (TPSA) is 58.3 Å². The average molecular weight is 348 g/mol. The predicted molar refractivity (Wildman–Crippen MR) is 91.3 cm³/mol. The van der Waals surface area contributed by atoms with E-state index >= 15 is 0 Å². The standard InChI is InChI=1S/C13H19Cl2N5S/c1-2-3-9(13(16)21)19-4-6-20(7-5-19)10-8-11(14)17-18-12(10)15/h8-9H,2-7H2,1H3,(H2,16,21). The molecule has 2 rings (SSSR count). The van der Waals surface area contributed by atoms with Gasteiger partial charge in [-0.1, -0.05) is 48.8 Å². The first kappa shape index (κ1) is 16.7. The average Bonchev–Trinajstić information content (AvgIpc) is 2.47. The maximum Gasteiger partial charge on any atom is 0.175 e. The van der Waals surface area contributed by atoms with Crippen LogP contribution in [-0.2, 0) is 0 Å². The zero-order valence-electron chi connectivity index (χ0n) is 11.9. The first-order valence-electron chi connectivity index (χ1n) is 7.00. The van der Waals surface area contributed by atoms with Crippen LogP contribution in [0.15, 0.2) is 6.07 Å². The Balaban J connectivity index is 2.02. The van der Waals surface area contributed by atoms with Crippen LogP contribution in [0.1, 0.15) is 19.8 Å². The molecule has 2 heterocycles. The van der Waals surface area contributed by atoms with E-state index in [-0.39, 0.29) is 6.04 Å². The third kappa shape index (κ3) is 4.16. The lowest BCUT2D eigenvalue weighted by molar-refractivity contribution is 0.219. The maximum absolute atomic E-state index is 6.10. The summed E-state index contributed by atoms with van der Waals surface area (Å²) in [5.74, 6) is 0. The number of hydrogen-bond donors (Lipinski definition) is 1. The fourth-order valence-corrected chi connectivity index (χ4v) is 3.24. The Morgan fingerprint density at radius 1 is 1.33 bits per heavy atom. The molecular formula is C13H19Cl2N5S. The number of nitrogens with zero attached hydrogens (tertiary/aromatic N) is 4. The third-order valence-corrected chi connectivity index (χ3v) is 4.41. The molecule has 0 bridgehead atoms. The van der Waals surface area contributed by atoms with Gasteiger partial charge in [-0.15, -0.1) is 10.2 Å². The molecule has 0 radical (unpaired) electrons. The van der Waals surface area contributed by atoms with Gasteiger partial charge in [0.05, 0.1) is 16.7 Å². The van der Waals surface area contributed by atoms with Crippen molar-refractivity contribution in [1.29, 1.82) is 0 Å². The van der Waals surface area contributed by atoms with Crippen molar-refractivity contribution in [3.63, 3.8) is 0 Å². The van der Waals surface area contributed by atoms with Gasteiger partial charge in [0.1, 0.15) is 0 Å². The van der Waals surface area contributed by atoms with Crippen LogP contribution in [0.3, 0.4) is 0 Å². The highest BCUT2D eigenvalue weighted by Gasteiger charge is 2.26. The molecule has 1 unspecified atom stereocenters. The molecule has 0 aliphatic carbocycles. The second-order valence-corrected chi connectivity index (χ2v) is 6.29. The van der Waals surface area contributed by atoms with Crippen LogP contribution in [0.4, 0.5) is 5.69 Å². The molecular weight excluding hydrogens is 329 g/mol. The minimum atomic E-state index is 0.182. The van der Waals surface area contributed by atoms with Crippen LogP contribution in [0.5, 0.6) is 0 Å². The lowest BCUT2D eigenvalue weighted by Crippen LogP contribution is -2.53. The Morgan fingerprint density at radius 2 is 2.00 bits per heavy atom. The lowest BCUT2D eigenvalue weighted by atomic mass is 10.1. The van der Waals surface area contributed by atoms with Crippen molar-refractivity contribution in [2.45, 2.75) is 25.8 Å². The van der Waals surface area contributed by atoms with E-state index in [0.29, 0.717) is 15.3 Å². The number of nitrogens with two attached hydrogens (primary N) is 1. The molecule has 1 atom stereocenters. The van der Waals surface area contributed by atoms with Crippen molar-refractivity contribution >= 4 is 46.1 Å². The largest absolute Gasteiger partial charge is 0.392 e. The quantitative estimate of drug-likeness (QED) is 0.825. The monoisotopic (exact) mass is 347 g/mol. The van der Waals surface area contributed by atoms with E-state index in [1.807, 2.05) is 0 Å². The van der Waals surface area contributed by atoms with Crippen molar-refractivity contribution in [1.82, 2.24) is 15.1 Å². The molecule has 5 nitrogen and oxygen atoms in total. The van der Waals surface area contributed by atoms with E-state index in [1.165, 1.54) is 0 Å². The molecule has 1 fully saturated rings. The van der Waals surface area contributed by atoms with Gasteiger partial charge in [-0.05, 0) is 6.42 Å². The fourth-order valence-electron chi connectivity index (χ4n) is 2.62. The van der Waals surface area contributed by atoms with Gasteiger partial charge in [-0.25, -0.2) is 0 Å². The number of rotatable bonds is 5. The number of anilines is 1. The Bertz CT molecular complexity index is 505. The summed E-state index contributed by atoms with van der Waals surface area (Å²) >= 11 is 17.2. The van der Waals surface area contributed by atoms with Gasteiger partial charge in [0.15, 0.2) is 10.3 Å². The zero-order chi connectivity index (χ0) is 15.4. The minimum absolute atomic E-state index is 0.182. The van der Waals surface area contributed by atoms with Crippen molar-refractivity contribution < 1.29 is 0 Å². The molecule has 8 heteroatoms. The molecule has 0 aromatic carbocycles. The van der Waals surface area contributed by atoms with Crippen LogP contribution >= 0.6 is 35.4 Å². The number of piperazine rings is 1. The van der Waals surface area contributed by atoms with E-state index < -0.39 is 0 Å². The summed E-state index contributed by atoms with van der Waals surface area (Å²) in [6, 6.07) is 1.94. The fraction of sp³-hybridized carbons (Fsp3) is 0.615. The highest BCUT2D eigenvalue weighted by Crippen LogP contribution is 2.26. The summed E-state index contributed by atoms with van der Waals surface area (Å²) in [6.07, 6.45) is 2.07. The maximum atomic E-state index is 6.10. The van der Waals surface area contributed by atoms with Gasteiger partial charge in [0.25, 0.3) is 0 Å². The van der Waals surface area contributed by atoms with E-state index in [9.17, 15) is 0 Å². The highest BCUT2D eigenvalue weighted by molar-refractivity contribution is 7.80. The molecule has 1 saturated heterocycles. The summed E-state index contributed by atoms with van der Waals surface area (Å²) in [6.45, 7) is 5.59. The van der Waals surface area contributed by atoms with Crippen LogP contribution < -0.4 is 10.6 Å². The van der Waals surface area contributed by atoms with E-state index in [0.717, 1.165) is 44.7 Å². The Labute approximate surface area is 140 Å². The summed E-state index contributed by atoms with van der Waals surface area (Å²) in [4.78, 5) is 5.09. The van der Waals surface area contributed by atoms with Gasteiger partial charge >= 0.3 is 0 Å². The van der Waals surface area contributed by atoms with Crippen LogP contribution in [0.2, 0.25) is 10.3 Å². The van der Waals surface area contributed by atoms with Gasteiger partial charge in [0.2, 0.25) is 0 Å². The second kappa shape index (κ2) is 7.54. The van der Waals surface area contributed by atoms with Crippen molar-refractivity contribution in [2.24, 2.45) is 5.73 Å². The number of hydrogen-bond acceptors (Lipinski definition) is 5. The second-order valence-electron chi connectivity index (χ2n) is 5.07. The Morgan fingerprint density at radius 3 is 2.57 bits per heavy atom. The van der Waals surface area contributed by atoms with Crippen molar-refractivity contribution in [3.8, 4) is 0 Å². The summed E-state index contributed by atoms with van der Waals surface area (Å²) in [5.41, 5.74) is 6.69. The third-order valence-electron chi connectivity index (χ3n) is 3.69. The van der Waals surface area contributed by atoms with Gasteiger partial charge in [-0.2, -0.15) is 0 Å². The molecule has 0 spiro atoms. The van der Waals surface area contributed by atoms with Gasteiger partial charge in [0, 0.05) is 32.2 Å².